The fraction of sp³-hybridized carbons (Fsp3) is 0.200. The summed E-state index contributed by atoms with van der Waals surface area (Å²) in [4.78, 5) is 8.55. The van der Waals surface area contributed by atoms with Crippen molar-refractivity contribution in [3.63, 3.8) is 0 Å². The standard InChI is InChI=1S/C10H9N5OS/c1-7-8(14-16-13-7)6-15-4-2-11-9(15)10-12-3-5-17-10/h2-5H,6H2,1H3. The third kappa shape index (κ3) is 1.84. The van der Waals surface area contributed by atoms with Gasteiger partial charge in [0.05, 0.1) is 6.54 Å². The molecule has 0 aliphatic rings. The summed E-state index contributed by atoms with van der Waals surface area (Å²) in [5.74, 6) is 0.836. The van der Waals surface area contributed by atoms with E-state index in [2.05, 4.69) is 24.9 Å². The lowest BCUT2D eigenvalue weighted by Gasteiger charge is -2.02. The molecule has 0 aliphatic heterocycles. The largest absolute Gasteiger partial charge is 0.323 e. The minimum atomic E-state index is 0.588. The number of aryl methyl sites for hydroxylation is 1. The molecule has 0 unspecified atom stereocenters. The van der Waals surface area contributed by atoms with E-state index in [4.69, 9.17) is 0 Å². The SMILES string of the molecule is Cc1nonc1Cn1ccnc1-c1nccs1. The average Bonchev–Trinajstić information content (AvgIpc) is 3.02. The molecule has 0 saturated carbocycles. The van der Waals surface area contributed by atoms with Gasteiger partial charge in [-0.25, -0.2) is 14.6 Å². The first-order chi connectivity index (χ1) is 8.34. The van der Waals surface area contributed by atoms with Crippen molar-refractivity contribution >= 4 is 11.3 Å². The van der Waals surface area contributed by atoms with Gasteiger partial charge in [-0.15, -0.1) is 11.3 Å². The van der Waals surface area contributed by atoms with Crippen molar-refractivity contribution in [3.05, 3.63) is 35.4 Å². The Hall–Kier alpha value is -2.02. The first-order valence-electron chi connectivity index (χ1n) is 5.03. The summed E-state index contributed by atoms with van der Waals surface area (Å²) >= 11 is 1.56. The minimum Gasteiger partial charge on any atom is -0.323 e. The molecule has 0 spiro atoms. The first-order valence-corrected chi connectivity index (χ1v) is 5.91. The molecule has 3 heterocycles. The van der Waals surface area contributed by atoms with E-state index in [1.807, 2.05) is 23.1 Å². The number of thiazole rings is 1. The Morgan fingerprint density at radius 1 is 1.29 bits per heavy atom. The van der Waals surface area contributed by atoms with Crippen molar-refractivity contribution in [2.45, 2.75) is 13.5 Å². The van der Waals surface area contributed by atoms with E-state index < -0.39 is 0 Å². The molecule has 7 heteroatoms. The van der Waals surface area contributed by atoms with Gasteiger partial charge in [-0.1, -0.05) is 10.3 Å². The second kappa shape index (κ2) is 4.10. The van der Waals surface area contributed by atoms with Crippen LogP contribution in [-0.4, -0.2) is 24.8 Å². The highest BCUT2D eigenvalue weighted by molar-refractivity contribution is 7.13. The predicted molar refractivity (Wildman–Crippen MR) is 61.5 cm³/mol. The molecule has 3 aromatic rings. The van der Waals surface area contributed by atoms with E-state index in [0.717, 1.165) is 22.2 Å². The van der Waals surface area contributed by atoms with Crippen LogP contribution in [0.15, 0.2) is 28.6 Å². The van der Waals surface area contributed by atoms with E-state index in [1.165, 1.54) is 0 Å². The zero-order chi connectivity index (χ0) is 11.7. The molecule has 0 bridgehead atoms. The Kier molecular flexibility index (Phi) is 2.45. The molecule has 0 N–H and O–H groups in total. The van der Waals surface area contributed by atoms with Gasteiger partial charge in [0.2, 0.25) is 0 Å². The second-order valence-corrected chi connectivity index (χ2v) is 4.41. The molecule has 3 aromatic heterocycles. The maximum Gasteiger partial charge on any atom is 0.169 e. The van der Waals surface area contributed by atoms with Gasteiger partial charge in [0.25, 0.3) is 0 Å². The van der Waals surface area contributed by atoms with E-state index >= 15 is 0 Å². The molecule has 0 fully saturated rings. The van der Waals surface area contributed by atoms with Crippen LogP contribution < -0.4 is 0 Å². The maximum absolute atomic E-state index is 4.68. The highest BCUT2D eigenvalue weighted by Gasteiger charge is 2.12. The smallest absolute Gasteiger partial charge is 0.169 e. The minimum absolute atomic E-state index is 0.588. The van der Waals surface area contributed by atoms with Gasteiger partial charge in [0, 0.05) is 24.0 Å². The molecule has 6 nitrogen and oxygen atoms in total. The van der Waals surface area contributed by atoms with Gasteiger partial charge < -0.3 is 4.57 Å². The number of aromatic nitrogens is 5. The Morgan fingerprint density at radius 2 is 2.24 bits per heavy atom. The van der Waals surface area contributed by atoms with Gasteiger partial charge in [0.15, 0.2) is 10.8 Å². The molecular weight excluding hydrogens is 238 g/mol. The Balaban J connectivity index is 1.95. The van der Waals surface area contributed by atoms with Crippen molar-refractivity contribution in [2.75, 3.05) is 0 Å². The fourth-order valence-corrected chi connectivity index (χ4v) is 2.17. The highest BCUT2D eigenvalue weighted by atomic mass is 32.1. The average molecular weight is 247 g/mol. The third-order valence-corrected chi connectivity index (χ3v) is 3.17. The summed E-state index contributed by atoms with van der Waals surface area (Å²) in [6.45, 7) is 2.45. The van der Waals surface area contributed by atoms with Gasteiger partial charge in [0.1, 0.15) is 11.4 Å². The quantitative estimate of drug-likeness (QED) is 0.705. The topological polar surface area (TPSA) is 69.6 Å². The molecule has 0 radical (unpaired) electrons. The van der Waals surface area contributed by atoms with Crippen molar-refractivity contribution in [1.29, 1.82) is 0 Å². The summed E-state index contributed by atoms with van der Waals surface area (Å²) in [5.41, 5.74) is 1.60. The summed E-state index contributed by atoms with van der Waals surface area (Å²) in [5, 5.41) is 10.4. The zero-order valence-electron chi connectivity index (χ0n) is 9.07. The first kappa shape index (κ1) is 10.2. The number of hydrogen-bond acceptors (Lipinski definition) is 6. The molecule has 86 valence electrons. The van der Waals surface area contributed by atoms with Crippen LogP contribution in [0.3, 0.4) is 0 Å². The maximum atomic E-state index is 4.68. The van der Waals surface area contributed by atoms with Crippen LogP contribution in [0.4, 0.5) is 0 Å². The Morgan fingerprint density at radius 3 is 2.94 bits per heavy atom. The van der Waals surface area contributed by atoms with Crippen molar-refractivity contribution in [2.24, 2.45) is 0 Å². The Bertz CT molecular complexity index is 612. The van der Waals surface area contributed by atoms with Crippen LogP contribution in [0.2, 0.25) is 0 Å². The third-order valence-electron chi connectivity index (χ3n) is 2.41. The van der Waals surface area contributed by atoms with Gasteiger partial charge in [-0.3, -0.25) is 0 Å². The van der Waals surface area contributed by atoms with Crippen molar-refractivity contribution in [3.8, 4) is 10.8 Å². The second-order valence-electron chi connectivity index (χ2n) is 3.51. The zero-order valence-corrected chi connectivity index (χ0v) is 9.89. The molecular formula is C10H9N5OS. The molecule has 3 rings (SSSR count). The monoisotopic (exact) mass is 247 g/mol. The van der Waals surface area contributed by atoms with Crippen molar-refractivity contribution < 1.29 is 4.63 Å². The van der Waals surface area contributed by atoms with Gasteiger partial charge in [-0.2, -0.15) is 0 Å². The van der Waals surface area contributed by atoms with Crippen LogP contribution in [0.5, 0.6) is 0 Å². The Labute approximate surface area is 101 Å². The lowest BCUT2D eigenvalue weighted by atomic mass is 10.3. The number of nitrogens with zero attached hydrogens (tertiary/aromatic N) is 5. The van der Waals surface area contributed by atoms with Gasteiger partial charge in [-0.05, 0) is 6.92 Å². The number of rotatable bonds is 3. The molecule has 0 aliphatic carbocycles. The van der Waals surface area contributed by atoms with Crippen LogP contribution >= 0.6 is 11.3 Å². The summed E-state index contributed by atoms with van der Waals surface area (Å²) in [6, 6.07) is 0. The fourth-order valence-electron chi connectivity index (χ4n) is 1.52. The summed E-state index contributed by atoms with van der Waals surface area (Å²) in [6.07, 6.45) is 5.41. The molecule has 0 atom stereocenters. The molecule has 17 heavy (non-hydrogen) atoms. The van der Waals surface area contributed by atoms with E-state index in [-0.39, 0.29) is 0 Å². The van der Waals surface area contributed by atoms with Crippen molar-refractivity contribution in [1.82, 2.24) is 24.8 Å². The lowest BCUT2D eigenvalue weighted by molar-refractivity contribution is 0.300. The highest BCUT2D eigenvalue weighted by Crippen LogP contribution is 2.20. The normalized spacial score (nSPS) is 10.9. The van der Waals surface area contributed by atoms with E-state index in [0.29, 0.717) is 6.54 Å². The predicted octanol–water partition coefficient (Wildman–Crippen LogP) is 1.75. The van der Waals surface area contributed by atoms with Crippen LogP contribution in [-0.2, 0) is 6.54 Å². The summed E-state index contributed by atoms with van der Waals surface area (Å²) in [7, 11) is 0. The number of imidazole rings is 1. The molecule has 0 saturated heterocycles. The molecule has 0 aromatic carbocycles. The molecule has 0 amide bonds. The number of hydrogen-bond donors (Lipinski definition) is 0. The van der Waals surface area contributed by atoms with E-state index in [1.54, 1.807) is 23.7 Å². The van der Waals surface area contributed by atoms with E-state index in [9.17, 15) is 0 Å². The van der Waals surface area contributed by atoms with Crippen LogP contribution in [0.25, 0.3) is 10.8 Å². The van der Waals surface area contributed by atoms with Gasteiger partial charge >= 0.3 is 0 Å². The lowest BCUT2D eigenvalue weighted by Crippen LogP contribution is -2.02. The summed E-state index contributed by atoms with van der Waals surface area (Å²) < 4.78 is 6.66. The van der Waals surface area contributed by atoms with Crippen LogP contribution in [0, 0.1) is 6.92 Å². The van der Waals surface area contributed by atoms with Crippen LogP contribution in [0.1, 0.15) is 11.4 Å².